The fourth-order valence-corrected chi connectivity index (χ4v) is 0.872. The molecule has 72 valence electrons. The fraction of sp³-hybridized carbons (Fsp3) is 0.429. The second kappa shape index (κ2) is 3.88. The number of esters is 1. The molecule has 13 heavy (non-hydrogen) atoms. The van der Waals surface area contributed by atoms with Crippen LogP contribution in [0.25, 0.3) is 0 Å². The number of carbonyl (C=O) groups is 1. The van der Waals surface area contributed by atoms with Crippen LogP contribution in [0.1, 0.15) is 10.4 Å². The number of carbonyl (C=O) groups excluding carboxylic acids is 1. The Hall–Kier alpha value is -1.59. The van der Waals surface area contributed by atoms with Gasteiger partial charge in [0.25, 0.3) is 0 Å². The van der Waals surface area contributed by atoms with Crippen LogP contribution in [-0.2, 0) is 11.8 Å². The number of nitrogens with zero attached hydrogens (tertiary/aromatic N) is 2. The molecule has 0 fully saturated rings. The molecule has 0 aromatic carbocycles. The average molecular weight is 187 g/mol. The van der Waals surface area contributed by atoms with E-state index in [4.69, 9.17) is 5.73 Å². The van der Waals surface area contributed by atoms with E-state index in [2.05, 4.69) is 9.84 Å². The summed E-state index contributed by atoms with van der Waals surface area (Å²) in [6.45, 7) is -0.959. The molecular formula is C7H10FN3O2. The first kappa shape index (κ1) is 9.50. The van der Waals surface area contributed by atoms with Crippen molar-refractivity contribution in [2.75, 3.05) is 19.0 Å². The van der Waals surface area contributed by atoms with Crippen molar-refractivity contribution < 1.29 is 13.9 Å². The largest absolute Gasteiger partial charge is 0.459 e. The number of aromatic nitrogens is 2. The number of ether oxygens (including phenoxy) is 1. The summed E-state index contributed by atoms with van der Waals surface area (Å²) >= 11 is 0. The molecule has 6 heteroatoms. The molecule has 5 nitrogen and oxygen atoms in total. The Balaban J connectivity index is 2.70. The van der Waals surface area contributed by atoms with Gasteiger partial charge in [-0.1, -0.05) is 0 Å². The highest BCUT2D eigenvalue weighted by Crippen LogP contribution is 2.09. The van der Waals surface area contributed by atoms with Crippen LogP contribution in [0.2, 0.25) is 0 Å². The van der Waals surface area contributed by atoms with Gasteiger partial charge >= 0.3 is 5.97 Å². The molecule has 1 heterocycles. The van der Waals surface area contributed by atoms with Crippen molar-refractivity contribution >= 4 is 11.8 Å². The summed E-state index contributed by atoms with van der Waals surface area (Å²) in [5, 5.41) is 3.74. The number of nitrogens with two attached hydrogens (primary N) is 1. The van der Waals surface area contributed by atoms with E-state index in [9.17, 15) is 9.18 Å². The average Bonchev–Trinajstić information content (AvgIpc) is 2.41. The Morgan fingerprint density at radius 3 is 3.00 bits per heavy atom. The lowest BCUT2D eigenvalue weighted by Crippen LogP contribution is -2.08. The molecule has 0 unspecified atom stereocenters. The normalized spacial score (nSPS) is 10.0. The highest BCUT2D eigenvalue weighted by atomic mass is 19.1. The number of anilines is 1. The summed E-state index contributed by atoms with van der Waals surface area (Å²) < 4.78 is 17.6. The monoisotopic (exact) mass is 187 g/mol. The standard InChI is InChI=1S/C7H10FN3O2/c1-11-4-5(6(9)10-11)7(12)13-3-2-8/h4H,2-3H2,1H3,(H2,9,10). The van der Waals surface area contributed by atoms with Gasteiger partial charge in [0, 0.05) is 13.2 Å². The molecule has 0 amide bonds. The van der Waals surface area contributed by atoms with E-state index < -0.39 is 12.6 Å². The van der Waals surface area contributed by atoms with E-state index in [1.807, 2.05) is 0 Å². The van der Waals surface area contributed by atoms with E-state index in [-0.39, 0.29) is 18.0 Å². The molecule has 1 rings (SSSR count). The van der Waals surface area contributed by atoms with E-state index >= 15 is 0 Å². The summed E-state index contributed by atoms with van der Waals surface area (Å²) in [5.41, 5.74) is 5.55. The van der Waals surface area contributed by atoms with Crippen LogP contribution in [0.3, 0.4) is 0 Å². The lowest BCUT2D eigenvalue weighted by atomic mass is 10.3. The molecule has 0 saturated heterocycles. The van der Waals surface area contributed by atoms with Gasteiger partial charge in [-0.15, -0.1) is 0 Å². The molecule has 1 aromatic rings. The van der Waals surface area contributed by atoms with Crippen molar-refractivity contribution in [3.05, 3.63) is 11.8 Å². The Morgan fingerprint density at radius 2 is 2.54 bits per heavy atom. The third-order valence-corrected chi connectivity index (χ3v) is 1.39. The molecule has 1 aromatic heterocycles. The Bertz CT molecular complexity index is 311. The molecule has 0 radical (unpaired) electrons. The number of hydrogen-bond donors (Lipinski definition) is 1. The quantitative estimate of drug-likeness (QED) is 0.683. The second-order valence-corrected chi connectivity index (χ2v) is 2.43. The van der Waals surface area contributed by atoms with E-state index in [0.717, 1.165) is 0 Å². The highest BCUT2D eigenvalue weighted by Gasteiger charge is 2.14. The predicted octanol–water partition coefficient (Wildman–Crippen LogP) is 0.129. The Labute approximate surface area is 74.3 Å². The summed E-state index contributed by atoms with van der Waals surface area (Å²) in [4.78, 5) is 11.1. The Kier molecular flexibility index (Phi) is 2.84. The van der Waals surface area contributed by atoms with Gasteiger partial charge in [-0.2, -0.15) is 5.10 Å². The molecule has 0 atom stereocenters. The minimum absolute atomic E-state index is 0.0892. The van der Waals surface area contributed by atoms with Crippen LogP contribution >= 0.6 is 0 Å². The van der Waals surface area contributed by atoms with Gasteiger partial charge in [0.2, 0.25) is 0 Å². The SMILES string of the molecule is Cn1cc(C(=O)OCCF)c(N)n1. The number of halogens is 1. The van der Waals surface area contributed by atoms with Crippen molar-refractivity contribution in [3.63, 3.8) is 0 Å². The van der Waals surface area contributed by atoms with E-state index in [1.165, 1.54) is 10.9 Å². The summed E-state index contributed by atoms with van der Waals surface area (Å²) in [6, 6.07) is 0. The predicted molar refractivity (Wildman–Crippen MR) is 43.9 cm³/mol. The van der Waals surface area contributed by atoms with Crippen LogP contribution in [0.4, 0.5) is 10.2 Å². The van der Waals surface area contributed by atoms with Gasteiger partial charge < -0.3 is 10.5 Å². The third-order valence-electron chi connectivity index (χ3n) is 1.39. The third kappa shape index (κ3) is 2.17. The maximum Gasteiger partial charge on any atom is 0.343 e. The number of hydrogen-bond acceptors (Lipinski definition) is 4. The first-order valence-electron chi connectivity index (χ1n) is 3.67. The zero-order valence-corrected chi connectivity index (χ0v) is 7.16. The topological polar surface area (TPSA) is 70.1 Å². The molecule has 0 saturated carbocycles. The van der Waals surface area contributed by atoms with E-state index in [1.54, 1.807) is 7.05 Å². The number of rotatable bonds is 3. The van der Waals surface area contributed by atoms with Gasteiger partial charge in [0.05, 0.1) is 0 Å². The number of alkyl halides is 1. The molecular weight excluding hydrogens is 177 g/mol. The smallest absolute Gasteiger partial charge is 0.343 e. The maximum atomic E-state index is 11.6. The van der Waals surface area contributed by atoms with Gasteiger partial charge in [-0.25, -0.2) is 9.18 Å². The molecule has 0 spiro atoms. The molecule has 2 N–H and O–H groups in total. The van der Waals surface area contributed by atoms with Crippen molar-refractivity contribution in [2.45, 2.75) is 0 Å². The van der Waals surface area contributed by atoms with Crippen molar-refractivity contribution in [1.29, 1.82) is 0 Å². The summed E-state index contributed by atoms with van der Waals surface area (Å²) in [5.74, 6) is -0.561. The van der Waals surface area contributed by atoms with Crippen molar-refractivity contribution in [3.8, 4) is 0 Å². The molecule has 0 aliphatic carbocycles. The number of aryl methyl sites for hydroxylation is 1. The van der Waals surface area contributed by atoms with Crippen LogP contribution in [0.5, 0.6) is 0 Å². The van der Waals surface area contributed by atoms with Gasteiger partial charge in [0.15, 0.2) is 5.82 Å². The second-order valence-electron chi connectivity index (χ2n) is 2.43. The van der Waals surface area contributed by atoms with Crippen LogP contribution in [-0.4, -0.2) is 29.0 Å². The van der Waals surface area contributed by atoms with Crippen LogP contribution in [0, 0.1) is 0 Å². The first-order valence-corrected chi connectivity index (χ1v) is 3.67. The lowest BCUT2D eigenvalue weighted by Gasteiger charge is -1.98. The van der Waals surface area contributed by atoms with Crippen LogP contribution in [0.15, 0.2) is 6.20 Å². The molecule has 0 aliphatic rings. The van der Waals surface area contributed by atoms with Gasteiger partial charge in [-0.3, -0.25) is 4.68 Å². The maximum absolute atomic E-state index is 11.6. The first-order chi connectivity index (χ1) is 6.15. The minimum Gasteiger partial charge on any atom is -0.459 e. The number of nitrogen functional groups attached to an aromatic ring is 1. The van der Waals surface area contributed by atoms with E-state index in [0.29, 0.717) is 0 Å². The fourth-order valence-electron chi connectivity index (χ4n) is 0.872. The highest BCUT2D eigenvalue weighted by molar-refractivity contribution is 5.93. The molecule has 0 aliphatic heterocycles. The zero-order chi connectivity index (χ0) is 9.84. The summed E-state index contributed by atoms with van der Waals surface area (Å²) in [6.07, 6.45) is 1.43. The minimum atomic E-state index is -0.702. The van der Waals surface area contributed by atoms with Gasteiger partial charge in [0.1, 0.15) is 18.8 Å². The summed E-state index contributed by atoms with van der Waals surface area (Å²) in [7, 11) is 1.63. The van der Waals surface area contributed by atoms with Crippen molar-refractivity contribution in [2.24, 2.45) is 7.05 Å². The Morgan fingerprint density at radius 1 is 1.85 bits per heavy atom. The van der Waals surface area contributed by atoms with Gasteiger partial charge in [-0.05, 0) is 0 Å². The van der Waals surface area contributed by atoms with Crippen molar-refractivity contribution in [1.82, 2.24) is 9.78 Å². The lowest BCUT2D eigenvalue weighted by molar-refractivity contribution is 0.0482. The molecule has 0 bridgehead atoms. The van der Waals surface area contributed by atoms with Crippen LogP contribution < -0.4 is 5.73 Å². The zero-order valence-electron chi connectivity index (χ0n) is 7.16.